The molecule has 1 aromatic rings. The van der Waals surface area contributed by atoms with Gasteiger partial charge < -0.3 is 10.4 Å². The van der Waals surface area contributed by atoms with Gasteiger partial charge in [-0.15, -0.1) is 0 Å². The molecule has 3 nitrogen and oxygen atoms in total. The molecular formula is C26H37NO2. The largest absolute Gasteiger partial charge is 0.508 e. The number of rotatable bonds is 15. The lowest BCUT2D eigenvalue weighted by molar-refractivity contribution is -0.116. The molecule has 0 aliphatic rings. The number of carbonyl (C=O) groups excluding carboxylic acids is 1. The number of phenols is 1. The molecule has 29 heavy (non-hydrogen) atoms. The van der Waals surface area contributed by atoms with Gasteiger partial charge in [-0.1, -0.05) is 68.4 Å². The number of allylic oxidation sites excluding steroid dienone is 8. The average molecular weight is 396 g/mol. The zero-order chi connectivity index (χ0) is 21.0. The van der Waals surface area contributed by atoms with Crippen LogP contribution in [-0.4, -0.2) is 11.0 Å². The lowest BCUT2D eigenvalue weighted by atomic mass is 10.2. The van der Waals surface area contributed by atoms with Gasteiger partial charge in [0.25, 0.3) is 0 Å². The average Bonchev–Trinajstić information content (AvgIpc) is 2.72. The molecule has 0 atom stereocenters. The second-order valence-electron chi connectivity index (χ2n) is 7.08. The Hall–Kier alpha value is -2.55. The lowest BCUT2D eigenvalue weighted by Crippen LogP contribution is -2.10. The topological polar surface area (TPSA) is 49.3 Å². The van der Waals surface area contributed by atoms with Crippen molar-refractivity contribution in [2.45, 2.75) is 71.1 Å². The maximum Gasteiger partial charge on any atom is 0.224 e. The van der Waals surface area contributed by atoms with Crippen molar-refractivity contribution in [1.29, 1.82) is 0 Å². The van der Waals surface area contributed by atoms with Gasteiger partial charge in [-0.05, 0) is 69.2 Å². The third-order valence-corrected chi connectivity index (χ3v) is 4.38. The normalized spacial score (nSPS) is 12.0. The molecule has 0 saturated heterocycles. The van der Waals surface area contributed by atoms with E-state index in [2.05, 4.69) is 60.8 Å². The first-order chi connectivity index (χ1) is 14.2. The van der Waals surface area contributed by atoms with E-state index in [0.717, 1.165) is 32.1 Å². The Morgan fingerprint density at radius 1 is 0.793 bits per heavy atom. The van der Waals surface area contributed by atoms with Crippen molar-refractivity contribution in [1.82, 2.24) is 0 Å². The molecule has 0 aromatic heterocycles. The molecular weight excluding hydrogens is 358 g/mol. The molecule has 3 heteroatoms. The van der Waals surface area contributed by atoms with Gasteiger partial charge in [0.05, 0.1) is 0 Å². The van der Waals surface area contributed by atoms with Crippen molar-refractivity contribution < 1.29 is 9.90 Å². The fraction of sp³-hybridized carbons (Fsp3) is 0.423. The summed E-state index contributed by atoms with van der Waals surface area (Å²) in [6.07, 6.45) is 27.9. The van der Waals surface area contributed by atoms with E-state index in [4.69, 9.17) is 0 Å². The third kappa shape index (κ3) is 15.1. The second kappa shape index (κ2) is 17.5. The first kappa shape index (κ1) is 24.5. The van der Waals surface area contributed by atoms with E-state index in [1.54, 1.807) is 24.3 Å². The van der Waals surface area contributed by atoms with Crippen LogP contribution in [0.2, 0.25) is 0 Å². The number of aromatic hydroxyl groups is 1. The molecule has 0 radical (unpaired) electrons. The van der Waals surface area contributed by atoms with Crippen LogP contribution in [-0.2, 0) is 4.79 Å². The summed E-state index contributed by atoms with van der Waals surface area (Å²) in [5.74, 6) is 0.204. The fourth-order valence-corrected chi connectivity index (χ4v) is 2.71. The molecule has 0 unspecified atom stereocenters. The summed E-state index contributed by atoms with van der Waals surface area (Å²) in [6, 6.07) is 6.52. The molecule has 0 spiro atoms. The summed E-state index contributed by atoms with van der Waals surface area (Å²) in [7, 11) is 0. The number of amides is 1. The van der Waals surface area contributed by atoms with Gasteiger partial charge in [0.2, 0.25) is 5.91 Å². The number of hydrogen-bond donors (Lipinski definition) is 2. The summed E-state index contributed by atoms with van der Waals surface area (Å²) in [6.45, 7) is 2.23. The van der Waals surface area contributed by atoms with Gasteiger partial charge in [-0.25, -0.2) is 0 Å². The van der Waals surface area contributed by atoms with Gasteiger partial charge in [0, 0.05) is 12.1 Å². The van der Waals surface area contributed by atoms with Gasteiger partial charge in [0.15, 0.2) is 0 Å². The number of carbonyl (C=O) groups is 1. The highest BCUT2D eigenvalue weighted by Gasteiger charge is 2.01. The first-order valence-corrected chi connectivity index (χ1v) is 10.9. The molecule has 0 heterocycles. The van der Waals surface area contributed by atoms with E-state index >= 15 is 0 Å². The standard InChI is InChI=1S/C26H37NO2/c1-2-3-4-5-6-7-8-9-10-11-12-13-14-15-16-17-18-19-26(29)27-24-20-22-25(28)23-21-24/h6-7,9-10,12-13,15-16,20-23,28H,2-5,8,11,14,17-19H2,1H3,(H,27,29)/b7-6-,10-9-,13-12+,16-15-. The molecule has 0 aliphatic heterocycles. The maximum atomic E-state index is 11.8. The minimum Gasteiger partial charge on any atom is -0.508 e. The van der Waals surface area contributed by atoms with Gasteiger partial charge in [-0.3, -0.25) is 4.79 Å². The minimum absolute atomic E-state index is 0.00609. The number of phenolic OH excluding ortho intramolecular Hbond substituents is 1. The minimum atomic E-state index is 0.00609. The molecule has 0 fully saturated rings. The molecule has 2 N–H and O–H groups in total. The molecule has 0 saturated carbocycles. The highest BCUT2D eigenvalue weighted by molar-refractivity contribution is 5.90. The number of benzene rings is 1. The summed E-state index contributed by atoms with van der Waals surface area (Å²) < 4.78 is 0. The van der Waals surface area contributed by atoms with E-state index in [9.17, 15) is 9.90 Å². The van der Waals surface area contributed by atoms with Crippen LogP contribution in [0.25, 0.3) is 0 Å². The van der Waals surface area contributed by atoms with Crippen LogP contribution in [0.5, 0.6) is 5.75 Å². The highest BCUT2D eigenvalue weighted by Crippen LogP contribution is 2.14. The van der Waals surface area contributed by atoms with Crippen LogP contribution >= 0.6 is 0 Å². The Morgan fingerprint density at radius 2 is 1.31 bits per heavy atom. The molecule has 0 bridgehead atoms. The van der Waals surface area contributed by atoms with Crippen molar-refractivity contribution in [3.63, 3.8) is 0 Å². The molecule has 158 valence electrons. The van der Waals surface area contributed by atoms with Crippen LogP contribution < -0.4 is 5.32 Å². The first-order valence-electron chi connectivity index (χ1n) is 10.9. The van der Waals surface area contributed by atoms with Crippen LogP contribution in [0.1, 0.15) is 71.1 Å². The smallest absolute Gasteiger partial charge is 0.224 e. The SMILES string of the molecule is CCCCC/C=C\C/C=C\C/C=C/C/C=C\CCCC(=O)Nc1ccc(O)cc1. The summed E-state index contributed by atoms with van der Waals surface area (Å²) >= 11 is 0. The third-order valence-electron chi connectivity index (χ3n) is 4.38. The number of unbranched alkanes of at least 4 members (excludes halogenated alkanes) is 4. The zero-order valence-corrected chi connectivity index (χ0v) is 17.9. The van der Waals surface area contributed by atoms with Crippen molar-refractivity contribution in [3.8, 4) is 5.75 Å². The van der Waals surface area contributed by atoms with E-state index in [-0.39, 0.29) is 11.7 Å². The van der Waals surface area contributed by atoms with Gasteiger partial charge in [0.1, 0.15) is 5.75 Å². The van der Waals surface area contributed by atoms with E-state index in [1.165, 1.54) is 25.7 Å². The summed E-state index contributed by atoms with van der Waals surface area (Å²) in [5, 5.41) is 12.1. The van der Waals surface area contributed by atoms with Crippen LogP contribution in [0.15, 0.2) is 72.9 Å². The summed E-state index contributed by atoms with van der Waals surface area (Å²) in [4.78, 5) is 11.8. The van der Waals surface area contributed by atoms with Crippen LogP contribution in [0.4, 0.5) is 5.69 Å². The van der Waals surface area contributed by atoms with E-state index < -0.39 is 0 Å². The predicted octanol–water partition coefficient (Wildman–Crippen LogP) is 7.48. The number of anilines is 1. The van der Waals surface area contributed by atoms with Gasteiger partial charge in [-0.2, -0.15) is 0 Å². The second-order valence-corrected chi connectivity index (χ2v) is 7.08. The maximum absolute atomic E-state index is 11.8. The van der Waals surface area contributed by atoms with Gasteiger partial charge >= 0.3 is 0 Å². The quantitative estimate of drug-likeness (QED) is 0.184. The van der Waals surface area contributed by atoms with Crippen molar-refractivity contribution in [2.75, 3.05) is 5.32 Å². The monoisotopic (exact) mass is 395 g/mol. The molecule has 1 amide bonds. The van der Waals surface area contributed by atoms with Crippen LogP contribution in [0, 0.1) is 0 Å². The Morgan fingerprint density at radius 3 is 1.86 bits per heavy atom. The molecule has 1 rings (SSSR count). The Kier molecular flexibility index (Phi) is 14.8. The molecule has 0 aliphatic carbocycles. The van der Waals surface area contributed by atoms with Crippen molar-refractivity contribution in [3.05, 3.63) is 72.9 Å². The van der Waals surface area contributed by atoms with Crippen molar-refractivity contribution in [2.24, 2.45) is 0 Å². The zero-order valence-electron chi connectivity index (χ0n) is 17.9. The van der Waals surface area contributed by atoms with E-state index in [1.807, 2.05) is 0 Å². The number of hydrogen-bond acceptors (Lipinski definition) is 2. The van der Waals surface area contributed by atoms with Crippen molar-refractivity contribution >= 4 is 11.6 Å². The number of nitrogens with one attached hydrogen (secondary N) is 1. The highest BCUT2D eigenvalue weighted by atomic mass is 16.3. The van der Waals surface area contributed by atoms with Crippen LogP contribution in [0.3, 0.4) is 0 Å². The Balaban J connectivity index is 1.98. The Labute approximate surface area is 176 Å². The van der Waals surface area contributed by atoms with E-state index in [0.29, 0.717) is 12.1 Å². The Bertz CT molecular complexity index is 654. The molecule has 1 aromatic carbocycles. The lowest BCUT2D eigenvalue weighted by Gasteiger charge is -2.04. The fourth-order valence-electron chi connectivity index (χ4n) is 2.71. The summed E-state index contributed by atoms with van der Waals surface area (Å²) in [5.41, 5.74) is 0.713. The predicted molar refractivity (Wildman–Crippen MR) is 125 cm³/mol.